The highest BCUT2D eigenvalue weighted by Gasteiger charge is 2.23. The van der Waals surface area contributed by atoms with E-state index in [2.05, 4.69) is 15.5 Å². The van der Waals surface area contributed by atoms with Gasteiger partial charge in [-0.05, 0) is 32.0 Å². The van der Waals surface area contributed by atoms with E-state index in [1.54, 1.807) is 0 Å². The number of aryl methyl sites for hydroxylation is 2. The number of rotatable bonds is 4. The van der Waals surface area contributed by atoms with Crippen molar-refractivity contribution in [1.82, 2.24) is 10.2 Å². The zero-order valence-electron chi connectivity index (χ0n) is 11.7. The maximum atomic E-state index is 12.0. The van der Waals surface area contributed by atoms with Gasteiger partial charge in [0.05, 0.1) is 6.54 Å². The van der Waals surface area contributed by atoms with Gasteiger partial charge in [-0.15, -0.1) is 12.4 Å². The summed E-state index contributed by atoms with van der Waals surface area (Å²) in [7, 11) is 2.00. The molecule has 0 spiro atoms. The molecule has 1 saturated heterocycles. The third-order valence-corrected chi connectivity index (χ3v) is 3.52. The Labute approximate surface area is 121 Å². The fraction of sp³-hybridized carbons (Fsp3) is 0.500. The number of hydrogen-bond donors (Lipinski definition) is 2. The largest absolute Gasteiger partial charge is 0.324 e. The third-order valence-electron chi connectivity index (χ3n) is 3.52. The minimum absolute atomic E-state index is 0. The minimum Gasteiger partial charge on any atom is -0.324 e. The summed E-state index contributed by atoms with van der Waals surface area (Å²) in [5.74, 6) is 0.0572. The second kappa shape index (κ2) is 6.89. The molecule has 0 unspecified atom stereocenters. The SMILES string of the molecule is Cc1cccc(C)c1NC(=O)CN(C)C1CNC1.Cl. The number of amides is 1. The number of nitrogens with zero attached hydrogens (tertiary/aromatic N) is 1. The summed E-state index contributed by atoms with van der Waals surface area (Å²) in [4.78, 5) is 14.1. The standard InChI is InChI=1S/C14H21N3O.ClH/c1-10-5-4-6-11(2)14(10)16-13(18)9-17(3)12-7-15-8-12;/h4-6,12,15H,7-9H2,1-3H3,(H,16,18);1H. The van der Waals surface area contributed by atoms with Crippen molar-refractivity contribution < 1.29 is 4.79 Å². The van der Waals surface area contributed by atoms with E-state index < -0.39 is 0 Å². The summed E-state index contributed by atoms with van der Waals surface area (Å²) >= 11 is 0. The maximum absolute atomic E-state index is 12.0. The first-order chi connectivity index (χ1) is 8.58. The van der Waals surface area contributed by atoms with Gasteiger partial charge in [-0.3, -0.25) is 9.69 Å². The van der Waals surface area contributed by atoms with Gasteiger partial charge in [0.25, 0.3) is 0 Å². The van der Waals surface area contributed by atoms with Gasteiger partial charge in [0.15, 0.2) is 0 Å². The number of halogens is 1. The van der Waals surface area contributed by atoms with E-state index in [-0.39, 0.29) is 18.3 Å². The van der Waals surface area contributed by atoms with Crippen LogP contribution >= 0.6 is 12.4 Å². The van der Waals surface area contributed by atoms with Gasteiger partial charge in [-0.25, -0.2) is 0 Å². The lowest BCUT2D eigenvalue weighted by Gasteiger charge is -2.35. The Kier molecular flexibility index (Phi) is 5.79. The summed E-state index contributed by atoms with van der Waals surface area (Å²) in [6, 6.07) is 6.53. The number of anilines is 1. The van der Waals surface area contributed by atoms with Crippen LogP contribution in [0, 0.1) is 13.8 Å². The van der Waals surface area contributed by atoms with E-state index in [1.807, 2.05) is 39.1 Å². The molecule has 0 atom stereocenters. The number of carbonyl (C=O) groups excluding carboxylic acids is 1. The van der Waals surface area contributed by atoms with Crippen LogP contribution in [0.25, 0.3) is 0 Å². The number of nitrogens with one attached hydrogen (secondary N) is 2. The van der Waals surface area contributed by atoms with Gasteiger partial charge in [-0.2, -0.15) is 0 Å². The molecule has 4 nitrogen and oxygen atoms in total. The van der Waals surface area contributed by atoms with Crippen molar-refractivity contribution in [1.29, 1.82) is 0 Å². The first-order valence-corrected chi connectivity index (χ1v) is 6.35. The molecule has 1 aliphatic heterocycles. The van der Waals surface area contributed by atoms with E-state index in [4.69, 9.17) is 0 Å². The molecule has 1 heterocycles. The maximum Gasteiger partial charge on any atom is 0.238 e. The van der Waals surface area contributed by atoms with Gasteiger partial charge in [-0.1, -0.05) is 18.2 Å². The van der Waals surface area contributed by atoms with Crippen molar-refractivity contribution in [3.05, 3.63) is 29.3 Å². The van der Waals surface area contributed by atoms with Gasteiger partial charge < -0.3 is 10.6 Å². The van der Waals surface area contributed by atoms with Crippen molar-refractivity contribution in [2.75, 3.05) is 32.0 Å². The Morgan fingerprint density at radius 2 is 1.95 bits per heavy atom. The highest BCUT2D eigenvalue weighted by molar-refractivity contribution is 5.93. The molecule has 5 heteroatoms. The predicted molar refractivity (Wildman–Crippen MR) is 81.1 cm³/mol. The molecule has 1 amide bonds. The lowest BCUT2D eigenvalue weighted by atomic mass is 10.1. The van der Waals surface area contributed by atoms with Crippen LogP contribution in [0.15, 0.2) is 18.2 Å². The zero-order chi connectivity index (χ0) is 13.1. The average Bonchev–Trinajstić information content (AvgIpc) is 2.21. The fourth-order valence-electron chi connectivity index (χ4n) is 2.13. The van der Waals surface area contributed by atoms with Crippen molar-refractivity contribution in [3.8, 4) is 0 Å². The van der Waals surface area contributed by atoms with Gasteiger partial charge in [0, 0.05) is 24.8 Å². The lowest BCUT2D eigenvalue weighted by Crippen LogP contribution is -2.57. The second-order valence-corrected chi connectivity index (χ2v) is 5.04. The monoisotopic (exact) mass is 283 g/mol. The molecule has 1 aromatic rings. The molecule has 1 fully saturated rings. The van der Waals surface area contributed by atoms with E-state index in [1.165, 1.54) is 0 Å². The molecule has 0 saturated carbocycles. The first-order valence-electron chi connectivity index (χ1n) is 6.35. The summed E-state index contributed by atoms with van der Waals surface area (Å²) in [6.45, 7) is 6.44. The van der Waals surface area contributed by atoms with Crippen LogP contribution in [0.2, 0.25) is 0 Å². The number of para-hydroxylation sites is 1. The van der Waals surface area contributed by atoms with E-state index in [9.17, 15) is 4.79 Å². The molecule has 106 valence electrons. The van der Waals surface area contributed by atoms with Crippen LogP contribution in [-0.2, 0) is 4.79 Å². The van der Waals surface area contributed by atoms with Crippen LogP contribution in [0.3, 0.4) is 0 Å². The molecule has 0 bridgehead atoms. The zero-order valence-corrected chi connectivity index (χ0v) is 12.5. The van der Waals surface area contributed by atoms with Crippen molar-refractivity contribution >= 4 is 24.0 Å². The van der Waals surface area contributed by atoms with Gasteiger partial charge in [0.1, 0.15) is 0 Å². The Hall–Kier alpha value is -1.10. The van der Waals surface area contributed by atoms with Crippen LogP contribution in [0.4, 0.5) is 5.69 Å². The molecule has 1 aromatic carbocycles. The molecule has 0 aromatic heterocycles. The molecule has 0 aliphatic carbocycles. The second-order valence-electron chi connectivity index (χ2n) is 5.04. The lowest BCUT2D eigenvalue weighted by molar-refractivity contribution is -0.117. The van der Waals surface area contributed by atoms with Gasteiger partial charge in [0.2, 0.25) is 5.91 Å². The Balaban J connectivity index is 0.00000180. The van der Waals surface area contributed by atoms with E-state index >= 15 is 0 Å². The van der Waals surface area contributed by atoms with Crippen LogP contribution < -0.4 is 10.6 Å². The summed E-state index contributed by atoms with van der Waals surface area (Å²) in [5.41, 5.74) is 3.16. The number of hydrogen-bond acceptors (Lipinski definition) is 3. The normalized spacial score (nSPS) is 14.7. The Bertz CT molecular complexity index is 426. The van der Waals surface area contributed by atoms with Crippen molar-refractivity contribution in [2.24, 2.45) is 0 Å². The molecule has 0 radical (unpaired) electrons. The Morgan fingerprint density at radius 3 is 2.42 bits per heavy atom. The smallest absolute Gasteiger partial charge is 0.238 e. The molecule has 19 heavy (non-hydrogen) atoms. The summed E-state index contributed by atoms with van der Waals surface area (Å²) in [6.07, 6.45) is 0. The third kappa shape index (κ3) is 3.93. The predicted octanol–water partition coefficient (Wildman–Crippen LogP) is 1.57. The number of carbonyl (C=O) groups is 1. The summed E-state index contributed by atoms with van der Waals surface area (Å²) in [5, 5.41) is 6.22. The number of benzene rings is 1. The van der Waals surface area contributed by atoms with E-state index in [0.29, 0.717) is 12.6 Å². The van der Waals surface area contributed by atoms with Crippen LogP contribution in [0.1, 0.15) is 11.1 Å². The Morgan fingerprint density at radius 1 is 1.37 bits per heavy atom. The topological polar surface area (TPSA) is 44.4 Å². The fourth-order valence-corrected chi connectivity index (χ4v) is 2.13. The quantitative estimate of drug-likeness (QED) is 0.882. The van der Waals surface area contributed by atoms with Crippen molar-refractivity contribution in [3.63, 3.8) is 0 Å². The highest BCUT2D eigenvalue weighted by Crippen LogP contribution is 2.19. The van der Waals surface area contributed by atoms with Crippen LogP contribution in [0.5, 0.6) is 0 Å². The van der Waals surface area contributed by atoms with Crippen LogP contribution in [-0.4, -0.2) is 43.5 Å². The highest BCUT2D eigenvalue weighted by atomic mass is 35.5. The van der Waals surface area contributed by atoms with Crippen molar-refractivity contribution in [2.45, 2.75) is 19.9 Å². The summed E-state index contributed by atoms with van der Waals surface area (Å²) < 4.78 is 0. The average molecular weight is 284 g/mol. The molecular weight excluding hydrogens is 262 g/mol. The minimum atomic E-state index is 0. The van der Waals surface area contributed by atoms with Gasteiger partial charge >= 0.3 is 0 Å². The van der Waals surface area contributed by atoms with E-state index in [0.717, 1.165) is 29.9 Å². The molecule has 2 rings (SSSR count). The molecule has 1 aliphatic rings. The number of likely N-dealkylation sites (N-methyl/N-ethyl adjacent to an activating group) is 1. The molecular formula is C14H22ClN3O. The first kappa shape index (κ1) is 16.0. The molecule has 2 N–H and O–H groups in total.